The highest BCUT2D eigenvalue weighted by molar-refractivity contribution is 5.92. The van der Waals surface area contributed by atoms with Crippen molar-refractivity contribution >= 4 is 24.0 Å². The Hall–Kier alpha value is -3.47. The molecule has 1 N–H and O–H groups in total. The predicted octanol–water partition coefficient (Wildman–Crippen LogP) is 1.01. The first kappa shape index (κ1) is 16.4. The van der Waals surface area contributed by atoms with Crippen LogP contribution in [0.2, 0.25) is 0 Å². The Morgan fingerprint density at radius 3 is 2.52 bits per heavy atom. The quantitative estimate of drug-likeness (QED) is 0.836. The summed E-state index contributed by atoms with van der Waals surface area (Å²) in [5, 5.41) is 11.8. The van der Waals surface area contributed by atoms with E-state index in [4.69, 9.17) is 5.26 Å². The molecule has 8 nitrogen and oxygen atoms in total. The average Bonchev–Trinajstić information content (AvgIpc) is 2.68. The number of benzene rings is 1. The van der Waals surface area contributed by atoms with E-state index in [1.165, 1.54) is 6.20 Å². The van der Waals surface area contributed by atoms with Gasteiger partial charge in [-0.3, -0.25) is 9.59 Å². The zero-order valence-corrected chi connectivity index (χ0v) is 13.4. The Balaban J connectivity index is 1.69. The molecule has 8 heteroatoms. The molecule has 1 fully saturated rings. The summed E-state index contributed by atoms with van der Waals surface area (Å²) < 4.78 is 0. The van der Waals surface area contributed by atoms with Crippen molar-refractivity contribution < 1.29 is 9.59 Å². The molecule has 0 aliphatic carbocycles. The highest BCUT2D eigenvalue weighted by Crippen LogP contribution is 2.14. The first-order chi connectivity index (χ1) is 12.2. The van der Waals surface area contributed by atoms with Crippen LogP contribution in [0.15, 0.2) is 36.5 Å². The van der Waals surface area contributed by atoms with E-state index in [2.05, 4.69) is 21.4 Å². The summed E-state index contributed by atoms with van der Waals surface area (Å²) >= 11 is 0. The number of hydrogen-bond donors (Lipinski definition) is 1. The molecule has 1 aromatic heterocycles. The molecule has 1 aliphatic rings. The number of amides is 2. The van der Waals surface area contributed by atoms with E-state index in [0.29, 0.717) is 43.4 Å². The number of piperazine rings is 1. The molecule has 0 bridgehead atoms. The lowest BCUT2D eigenvalue weighted by molar-refractivity contribution is -0.119. The highest BCUT2D eigenvalue weighted by Gasteiger charge is 2.22. The van der Waals surface area contributed by atoms with Crippen molar-refractivity contribution in [2.24, 2.45) is 0 Å². The van der Waals surface area contributed by atoms with Crippen LogP contribution >= 0.6 is 0 Å². The number of rotatable bonds is 4. The van der Waals surface area contributed by atoms with Gasteiger partial charge in [-0.15, -0.1) is 0 Å². The molecule has 1 aromatic carbocycles. The zero-order valence-electron chi connectivity index (χ0n) is 13.4. The zero-order chi connectivity index (χ0) is 17.6. The molecule has 2 aromatic rings. The normalized spacial score (nSPS) is 13.9. The summed E-state index contributed by atoms with van der Waals surface area (Å²) in [6, 6.07) is 10.5. The number of nitrogens with one attached hydrogen (secondary N) is 1. The van der Waals surface area contributed by atoms with Crippen molar-refractivity contribution in [3.63, 3.8) is 0 Å². The van der Waals surface area contributed by atoms with Crippen LogP contribution in [0.25, 0.3) is 0 Å². The smallest absolute Gasteiger partial charge is 0.272 e. The summed E-state index contributed by atoms with van der Waals surface area (Å²) in [4.78, 5) is 35.0. The Labute approximate surface area is 144 Å². The number of hydrogen-bond acceptors (Lipinski definition) is 6. The Morgan fingerprint density at radius 2 is 1.88 bits per heavy atom. The minimum atomic E-state index is -0.184. The third-order valence-corrected chi connectivity index (χ3v) is 3.90. The molecule has 1 aliphatic heterocycles. The number of carbonyl (C=O) groups is 2. The van der Waals surface area contributed by atoms with Crippen LogP contribution in [0.5, 0.6) is 0 Å². The lowest BCUT2D eigenvalue weighted by Crippen LogP contribution is -2.48. The molecule has 0 unspecified atom stereocenters. The molecule has 0 radical (unpaired) electrons. The fourth-order valence-electron chi connectivity index (χ4n) is 2.49. The number of nitriles is 1. The van der Waals surface area contributed by atoms with Crippen LogP contribution in [-0.4, -0.2) is 58.3 Å². The van der Waals surface area contributed by atoms with Gasteiger partial charge in [0, 0.05) is 38.1 Å². The van der Waals surface area contributed by atoms with Crippen LogP contribution in [0.4, 0.5) is 11.6 Å². The van der Waals surface area contributed by atoms with Crippen molar-refractivity contribution in [2.75, 3.05) is 31.5 Å². The first-order valence-corrected chi connectivity index (χ1v) is 7.78. The fourth-order valence-corrected chi connectivity index (χ4v) is 2.49. The van der Waals surface area contributed by atoms with E-state index >= 15 is 0 Å². The minimum Gasteiger partial charge on any atom is -0.342 e. The van der Waals surface area contributed by atoms with Gasteiger partial charge in [-0.25, -0.2) is 9.97 Å². The topological polar surface area (TPSA) is 102 Å². The fraction of sp³-hybridized carbons (Fsp3) is 0.235. The van der Waals surface area contributed by atoms with Gasteiger partial charge in [-0.1, -0.05) is 0 Å². The number of carbonyl (C=O) groups excluding carboxylic acids is 2. The molecule has 126 valence electrons. The molecule has 1 saturated heterocycles. The maximum Gasteiger partial charge on any atom is 0.272 e. The van der Waals surface area contributed by atoms with E-state index in [1.807, 2.05) is 0 Å². The van der Waals surface area contributed by atoms with Crippen LogP contribution in [0.3, 0.4) is 0 Å². The maximum atomic E-state index is 12.5. The second kappa shape index (κ2) is 7.40. The van der Waals surface area contributed by atoms with Gasteiger partial charge in [0.15, 0.2) is 0 Å². The van der Waals surface area contributed by atoms with E-state index in [1.54, 1.807) is 40.1 Å². The Kier molecular flexibility index (Phi) is 4.85. The van der Waals surface area contributed by atoms with Crippen molar-refractivity contribution in [3.8, 4) is 6.07 Å². The van der Waals surface area contributed by atoms with E-state index in [0.717, 1.165) is 12.1 Å². The van der Waals surface area contributed by atoms with Crippen molar-refractivity contribution in [2.45, 2.75) is 0 Å². The molecular weight excluding hydrogens is 320 g/mol. The summed E-state index contributed by atoms with van der Waals surface area (Å²) in [7, 11) is 0. The Morgan fingerprint density at radius 1 is 1.16 bits per heavy atom. The standard InChI is InChI=1S/C17H16N6O2/c18-11-13-1-3-14(4-2-13)20-17-19-6-5-15(21-17)16(25)23-9-7-22(12-24)8-10-23/h1-6,12H,7-10H2,(H,19,20,21). The largest absolute Gasteiger partial charge is 0.342 e. The third kappa shape index (κ3) is 3.90. The first-order valence-electron chi connectivity index (χ1n) is 7.78. The minimum absolute atomic E-state index is 0.184. The monoisotopic (exact) mass is 336 g/mol. The molecule has 2 amide bonds. The van der Waals surface area contributed by atoms with Crippen molar-refractivity contribution in [3.05, 3.63) is 47.8 Å². The van der Waals surface area contributed by atoms with Crippen LogP contribution in [-0.2, 0) is 4.79 Å². The van der Waals surface area contributed by atoms with Gasteiger partial charge in [-0.05, 0) is 30.3 Å². The van der Waals surface area contributed by atoms with E-state index in [9.17, 15) is 9.59 Å². The van der Waals surface area contributed by atoms with E-state index < -0.39 is 0 Å². The summed E-state index contributed by atoms with van der Waals surface area (Å²) in [5.41, 5.74) is 1.58. The molecule has 3 rings (SSSR count). The van der Waals surface area contributed by atoms with Gasteiger partial charge in [-0.2, -0.15) is 5.26 Å². The number of anilines is 2. The van der Waals surface area contributed by atoms with Crippen LogP contribution < -0.4 is 5.32 Å². The lowest BCUT2D eigenvalue weighted by Gasteiger charge is -2.32. The maximum absolute atomic E-state index is 12.5. The van der Waals surface area contributed by atoms with Crippen molar-refractivity contribution in [1.82, 2.24) is 19.8 Å². The third-order valence-electron chi connectivity index (χ3n) is 3.90. The number of aromatic nitrogens is 2. The van der Waals surface area contributed by atoms with Crippen molar-refractivity contribution in [1.29, 1.82) is 5.26 Å². The van der Waals surface area contributed by atoms with Gasteiger partial charge in [0.2, 0.25) is 12.4 Å². The summed E-state index contributed by atoms with van der Waals surface area (Å²) in [6.07, 6.45) is 2.32. The summed E-state index contributed by atoms with van der Waals surface area (Å²) in [5.74, 6) is 0.123. The summed E-state index contributed by atoms with van der Waals surface area (Å²) in [6.45, 7) is 2.02. The Bertz CT molecular complexity index is 807. The molecule has 25 heavy (non-hydrogen) atoms. The molecule has 0 spiro atoms. The average molecular weight is 336 g/mol. The highest BCUT2D eigenvalue weighted by atomic mass is 16.2. The molecule has 0 atom stereocenters. The number of nitrogens with zero attached hydrogens (tertiary/aromatic N) is 5. The van der Waals surface area contributed by atoms with Crippen LogP contribution in [0, 0.1) is 11.3 Å². The van der Waals surface area contributed by atoms with Gasteiger partial charge in [0.05, 0.1) is 11.6 Å². The SMILES string of the molecule is N#Cc1ccc(Nc2nccc(C(=O)N3CCN(C=O)CC3)n2)cc1. The second-order valence-electron chi connectivity index (χ2n) is 5.51. The van der Waals surface area contributed by atoms with E-state index in [-0.39, 0.29) is 5.91 Å². The molecule has 2 heterocycles. The predicted molar refractivity (Wildman–Crippen MR) is 90.0 cm³/mol. The van der Waals surface area contributed by atoms with Gasteiger partial charge in [0.25, 0.3) is 5.91 Å². The van der Waals surface area contributed by atoms with Crippen LogP contribution in [0.1, 0.15) is 16.1 Å². The van der Waals surface area contributed by atoms with Gasteiger partial charge in [0.1, 0.15) is 5.69 Å². The second-order valence-corrected chi connectivity index (χ2v) is 5.51. The molecule has 0 saturated carbocycles. The lowest BCUT2D eigenvalue weighted by atomic mass is 10.2. The molecular formula is C17H16N6O2. The van der Waals surface area contributed by atoms with Gasteiger partial charge >= 0.3 is 0 Å². The van der Waals surface area contributed by atoms with Gasteiger partial charge < -0.3 is 15.1 Å².